The lowest BCUT2D eigenvalue weighted by Crippen LogP contribution is -2.16. The van der Waals surface area contributed by atoms with Crippen LogP contribution in [0.15, 0.2) is 17.8 Å². The standard InChI is InChI=1S/C10H19NO/c1-4-6-7-8-10(12)9(3)11-5-2/h5,10,12H,2,4,6-8H2,1,3H3/t10-/m1/s1. The third kappa shape index (κ3) is 5.08. The quantitative estimate of drug-likeness (QED) is 0.481. The third-order valence-corrected chi connectivity index (χ3v) is 1.86. The predicted molar refractivity (Wildman–Crippen MR) is 53.5 cm³/mol. The van der Waals surface area contributed by atoms with E-state index in [0.717, 1.165) is 18.6 Å². The normalized spacial score (nSPS) is 14.4. The molecule has 0 amide bonds. The van der Waals surface area contributed by atoms with E-state index in [4.69, 9.17) is 0 Å². The van der Waals surface area contributed by atoms with Gasteiger partial charge in [-0.2, -0.15) is 0 Å². The highest BCUT2D eigenvalue weighted by Gasteiger charge is 2.05. The van der Waals surface area contributed by atoms with Crippen LogP contribution in [0.4, 0.5) is 0 Å². The van der Waals surface area contributed by atoms with Crippen molar-refractivity contribution in [2.45, 2.75) is 45.6 Å². The van der Waals surface area contributed by atoms with E-state index in [1.165, 1.54) is 19.0 Å². The van der Waals surface area contributed by atoms with Gasteiger partial charge in [-0.3, -0.25) is 4.99 Å². The van der Waals surface area contributed by atoms with E-state index in [0.29, 0.717) is 0 Å². The maximum atomic E-state index is 9.50. The van der Waals surface area contributed by atoms with Crippen LogP contribution in [0.2, 0.25) is 0 Å². The van der Waals surface area contributed by atoms with E-state index in [1.54, 1.807) is 0 Å². The molecule has 0 aromatic rings. The summed E-state index contributed by atoms with van der Waals surface area (Å²) < 4.78 is 0. The Labute approximate surface area is 75.0 Å². The van der Waals surface area contributed by atoms with Gasteiger partial charge in [-0.1, -0.05) is 32.8 Å². The first-order valence-electron chi connectivity index (χ1n) is 4.55. The van der Waals surface area contributed by atoms with E-state index >= 15 is 0 Å². The first-order chi connectivity index (χ1) is 5.72. The van der Waals surface area contributed by atoms with Crippen LogP contribution in [-0.2, 0) is 0 Å². The second-order valence-electron chi connectivity index (χ2n) is 2.96. The van der Waals surface area contributed by atoms with Gasteiger partial charge in [0, 0.05) is 11.9 Å². The fraction of sp³-hybridized carbons (Fsp3) is 0.700. The van der Waals surface area contributed by atoms with E-state index in [9.17, 15) is 5.11 Å². The lowest BCUT2D eigenvalue weighted by atomic mass is 10.1. The number of hydrogen-bond acceptors (Lipinski definition) is 2. The molecule has 0 saturated carbocycles. The largest absolute Gasteiger partial charge is 0.387 e. The second kappa shape index (κ2) is 7.04. The molecular weight excluding hydrogens is 150 g/mol. The molecule has 2 nitrogen and oxygen atoms in total. The lowest BCUT2D eigenvalue weighted by molar-refractivity contribution is 0.225. The average Bonchev–Trinajstić information content (AvgIpc) is 2.05. The number of hydrogen-bond donors (Lipinski definition) is 1. The molecule has 0 aliphatic rings. The predicted octanol–water partition coefficient (Wildman–Crippen LogP) is 2.53. The Balaban J connectivity index is 3.63. The van der Waals surface area contributed by atoms with Gasteiger partial charge in [0.2, 0.25) is 0 Å². The summed E-state index contributed by atoms with van der Waals surface area (Å²) in [6.07, 6.45) is 5.34. The minimum absolute atomic E-state index is 0.380. The van der Waals surface area contributed by atoms with Crippen LogP contribution in [0.3, 0.4) is 0 Å². The Morgan fingerprint density at radius 3 is 2.75 bits per heavy atom. The smallest absolute Gasteiger partial charge is 0.0918 e. The fourth-order valence-electron chi connectivity index (χ4n) is 1.03. The Morgan fingerprint density at radius 2 is 2.25 bits per heavy atom. The van der Waals surface area contributed by atoms with E-state index in [-0.39, 0.29) is 6.10 Å². The molecule has 1 N–H and O–H groups in total. The van der Waals surface area contributed by atoms with Gasteiger partial charge in [0.15, 0.2) is 0 Å². The average molecular weight is 169 g/mol. The molecule has 0 aromatic heterocycles. The van der Waals surface area contributed by atoms with Gasteiger partial charge >= 0.3 is 0 Å². The molecule has 12 heavy (non-hydrogen) atoms. The summed E-state index contributed by atoms with van der Waals surface area (Å²) in [6.45, 7) is 7.46. The summed E-state index contributed by atoms with van der Waals surface area (Å²) in [5, 5.41) is 9.50. The van der Waals surface area contributed by atoms with Gasteiger partial charge in [-0.25, -0.2) is 0 Å². The molecule has 0 bridgehead atoms. The van der Waals surface area contributed by atoms with Crippen molar-refractivity contribution < 1.29 is 5.11 Å². The van der Waals surface area contributed by atoms with Crippen molar-refractivity contribution in [2.75, 3.05) is 0 Å². The molecule has 0 heterocycles. The zero-order chi connectivity index (χ0) is 9.40. The highest BCUT2D eigenvalue weighted by atomic mass is 16.3. The maximum absolute atomic E-state index is 9.50. The van der Waals surface area contributed by atoms with Gasteiger partial charge in [0.25, 0.3) is 0 Å². The number of aliphatic hydroxyl groups is 1. The molecule has 0 fully saturated rings. The minimum atomic E-state index is -0.380. The van der Waals surface area contributed by atoms with Gasteiger partial charge < -0.3 is 5.11 Å². The molecule has 0 saturated heterocycles. The van der Waals surface area contributed by atoms with Gasteiger partial charge in [0.1, 0.15) is 0 Å². The van der Waals surface area contributed by atoms with Gasteiger partial charge in [-0.15, -0.1) is 0 Å². The van der Waals surface area contributed by atoms with Crippen LogP contribution in [-0.4, -0.2) is 16.9 Å². The van der Waals surface area contributed by atoms with E-state index < -0.39 is 0 Å². The van der Waals surface area contributed by atoms with Crippen LogP contribution in [0, 0.1) is 0 Å². The lowest BCUT2D eigenvalue weighted by Gasteiger charge is -2.08. The van der Waals surface area contributed by atoms with Crippen LogP contribution in [0.5, 0.6) is 0 Å². The summed E-state index contributed by atoms with van der Waals surface area (Å²) in [5.74, 6) is 0. The number of nitrogens with zero attached hydrogens (tertiary/aromatic N) is 1. The zero-order valence-corrected chi connectivity index (χ0v) is 8.08. The van der Waals surface area contributed by atoms with Crippen molar-refractivity contribution in [3.05, 3.63) is 12.8 Å². The van der Waals surface area contributed by atoms with Crippen LogP contribution >= 0.6 is 0 Å². The molecule has 0 radical (unpaired) electrons. The van der Waals surface area contributed by atoms with Crippen LogP contribution in [0.25, 0.3) is 0 Å². The summed E-state index contributed by atoms with van der Waals surface area (Å²) >= 11 is 0. The molecule has 1 atom stereocenters. The van der Waals surface area contributed by atoms with Gasteiger partial charge in [0.05, 0.1) is 6.10 Å². The Hall–Kier alpha value is -0.630. The summed E-state index contributed by atoms with van der Waals surface area (Å²) in [4.78, 5) is 3.93. The Morgan fingerprint density at radius 1 is 1.58 bits per heavy atom. The van der Waals surface area contributed by atoms with Crippen molar-refractivity contribution in [1.82, 2.24) is 0 Å². The molecule has 0 rings (SSSR count). The summed E-state index contributed by atoms with van der Waals surface area (Å²) in [7, 11) is 0. The molecule has 0 aliphatic carbocycles. The Bertz CT molecular complexity index is 152. The van der Waals surface area contributed by atoms with Gasteiger partial charge in [-0.05, 0) is 13.3 Å². The topological polar surface area (TPSA) is 32.6 Å². The molecule has 2 heteroatoms. The highest BCUT2D eigenvalue weighted by molar-refractivity contribution is 5.86. The molecule has 70 valence electrons. The molecular formula is C10H19NO. The van der Waals surface area contributed by atoms with Crippen molar-refractivity contribution in [2.24, 2.45) is 4.99 Å². The first-order valence-corrected chi connectivity index (χ1v) is 4.55. The number of aliphatic imine (C=N–C) groups is 1. The minimum Gasteiger partial charge on any atom is -0.387 e. The molecule has 0 spiro atoms. The molecule has 0 aliphatic heterocycles. The van der Waals surface area contributed by atoms with Crippen molar-refractivity contribution in [3.63, 3.8) is 0 Å². The summed E-state index contributed by atoms with van der Waals surface area (Å²) in [5.41, 5.74) is 0.765. The van der Waals surface area contributed by atoms with Crippen molar-refractivity contribution in [1.29, 1.82) is 0 Å². The van der Waals surface area contributed by atoms with Crippen LogP contribution in [0.1, 0.15) is 39.5 Å². The van der Waals surface area contributed by atoms with Crippen LogP contribution < -0.4 is 0 Å². The molecule has 0 aromatic carbocycles. The maximum Gasteiger partial charge on any atom is 0.0918 e. The monoisotopic (exact) mass is 169 g/mol. The number of unbranched alkanes of at least 4 members (excludes halogenated alkanes) is 2. The van der Waals surface area contributed by atoms with Crippen molar-refractivity contribution >= 4 is 5.71 Å². The first kappa shape index (κ1) is 11.4. The van der Waals surface area contributed by atoms with E-state index in [1.807, 2.05) is 6.92 Å². The second-order valence-corrected chi connectivity index (χ2v) is 2.96. The number of rotatable bonds is 6. The SMILES string of the molecule is C=CN=C(C)[C@H](O)CCCCC. The van der Waals surface area contributed by atoms with E-state index in [2.05, 4.69) is 18.5 Å². The summed E-state index contributed by atoms with van der Waals surface area (Å²) in [6, 6.07) is 0. The number of aliphatic hydroxyl groups excluding tert-OH is 1. The Kier molecular flexibility index (Phi) is 6.67. The van der Waals surface area contributed by atoms with Crippen molar-refractivity contribution in [3.8, 4) is 0 Å². The zero-order valence-electron chi connectivity index (χ0n) is 8.08. The highest BCUT2D eigenvalue weighted by Crippen LogP contribution is 2.04. The third-order valence-electron chi connectivity index (χ3n) is 1.86. The molecule has 0 unspecified atom stereocenters. The fourth-order valence-corrected chi connectivity index (χ4v) is 1.03.